The number of para-hydroxylation sites is 1. The molecule has 1 fully saturated rings. The van der Waals surface area contributed by atoms with Crippen LogP contribution in [0, 0.1) is 5.92 Å². The quantitative estimate of drug-likeness (QED) is 0.320. The Hall–Kier alpha value is -2.90. The number of likely N-dealkylation sites (tertiary alicyclic amines) is 1. The van der Waals surface area contributed by atoms with Crippen LogP contribution in [0.15, 0.2) is 48.7 Å². The maximum Gasteiger partial charge on any atom is 0.279 e. The Morgan fingerprint density at radius 3 is 2.85 bits per heavy atom. The van der Waals surface area contributed by atoms with Crippen LogP contribution < -0.4 is 4.74 Å². The number of hydrogen-bond donors (Lipinski definition) is 1. The Balaban J connectivity index is 1.20. The number of aromatic amines is 1. The number of thiazole rings is 1. The largest absolute Gasteiger partial charge is 0.431 e. The number of rotatable bonds is 9. The van der Waals surface area contributed by atoms with Gasteiger partial charge in [0.15, 0.2) is 0 Å². The smallest absolute Gasteiger partial charge is 0.279 e. The predicted octanol–water partition coefficient (Wildman–Crippen LogP) is 6.04. The Bertz CT molecular complexity index is 1240. The van der Waals surface area contributed by atoms with Crippen LogP contribution in [0.3, 0.4) is 0 Å². The third-order valence-electron chi connectivity index (χ3n) is 6.78. The number of carbonyl (C=O) groups excluding carboxylic acids is 1. The molecule has 1 aliphatic rings. The molecule has 0 bridgehead atoms. The van der Waals surface area contributed by atoms with Gasteiger partial charge in [0.05, 0.1) is 10.2 Å². The fourth-order valence-corrected chi connectivity index (χ4v) is 5.63. The Morgan fingerprint density at radius 2 is 2.06 bits per heavy atom. The first-order chi connectivity index (χ1) is 16.6. The SMILES string of the molecule is CCC(CCN(C)Cc1c[nH]c2cc(Oc3nc4ccccc4s3)ccc12)C(=O)N1CCCC1. The van der Waals surface area contributed by atoms with E-state index in [-0.39, 0.29) is 5.92 Å². The zero-order valence-electron chi connectivity index (χ0n) is 19.9. The summed E-state index contributed by atoms with van der Waals surface area (Å²) in [6, 6.07) is 14.2. The van der Waals surface area contributed by atoms with Crippen LogP contribution >= 0.6 is 11.3 Å². The maximum absolute atomic E-state index is 12.8. The van der Waals surface area contributed by atoms with Gasteiger partial charge in [-0.05, 0) is 69.1 Å². The van der Waals surface area contributed by atoms with E-state index in [1.807, 2.05) is 30.3 Å². The number of hydrogen-bond acceptors (Lipinski definition) is 5. The molecule has 7 heteroatoms. The average Bonchev–Trinajstić information content (AvgIpc) is 3.59. The minimum Gasteiger partial charge on any atom is -0.431 e. The second-order valence-corrected chi connectivity index (χ2v) is 10.2. The van der Waals surface area contributed by atoms with Crippen LogP contribution in [0.25, 0.3) is 21.1 Å². The Kier molecular flexibility index (Phi) is 6.83. The standard InChI is InChI=1S/C27H32N4O2S/c1-3-19(26(32)31-13-6-7-14-31)12-15-30(2)18-20-17-28-24-16-21(10-11-22(20)24)33-27-29-23-8-4-5-9-25(23)34-27/h4-5,8-11,16-17,19,28H,3,6-7,12-15,18H2,1-2H3. The van der Waals surface area contributed by atoms with Gasteiger partial charge in [0.1, 0.15) is 5.75 Å². The van der Waals surface area contributed by atoms with Gasteiger partial charge in [-0.15, -0.1) is 0 Å². The molecule has 0 aliphatic carbocycles. The van der Waals surface area contributed by atoms with Crippen molar-refractivity contribution in [2.24, 2.45) is 5.92 Å². The van der Waals surface area contributed by atoms with E-state index < -0.39 is 0 Å². The fraction of sp³-hybridized carbons (Fsp3) is 0.407. The predicted molar refractivity (Wildman–Crippen MR) is 139 cm³/mol. The van der Waals surface area contributed by atoms with Gasteiger partial charge >= 0.3 is 0 Å². The second-order valence-electron chi connectivity index (χ2n) is 9.23. The van der Waals surface area contributed by atoms with Gasteiger partial charge in [0.2, 0.25) is 5.91 Å². The second kappa shape index (κ2) is 10.2. The van der Waals surface area contributed by atoms with Crippen LogP contribution in [0.5, 0.6) is 10.9 Å². The minimum atomic E-state index is 0.130. The zero-order valence-corrected chi connectivity index (χ0v) is 20.7. The molecule has 2 aromatic carbocycles. The molecule has 178 valence electrons. The molecular weight excluding hydrogens is 444 g/mol. The maximum atomic E-state index is 12.8. The number of benzene rings is 2. The summed E-state index contributed by atoms with van der Waals surface area (Å²) < 4.78 is 7.17. The molecule has 1 unspecified atom stereocenters. The summed E-state index contributed by atoms with van der Waals surface area (Å²) in [5.74, 6) is 1.26. The molecular formula is C27H32N4O2S. The summed E-state index contributed by atoms with van der Waals surface area (Å²) in [6.07, 6.45) is 6.19. The highest BCUT2D eigenvalue weighted by Gasteiger charge is 2.25. The van der Waals surface area contributed by atoms with Crippen molar-refractivity contribution in [3.8, 4) is 10.9 Å². The van der Waals surface area contributed by atoms with Gasteiger partial charge in [-0.3, -0.25) is 4.79 Å². The average molecular weight is 477 g/mol. The number of ether oxygens (including phenoxy) is 1. The molecule has 1 atom stereocenters. The molecule has 1 N–H and O–H groups in total. The molecule has 1 amide bonds. The minimum absolute atomic E-state index is 0.130. The van der Waals surface area contributed by atoms with Crippen LogP contribution in [-0.4, -0.2) is 52.4 Å². The van der Waals surface area contributed by atoms with E-state index in [9.17, 15) is 4.79 Å². The summed E-state index contributed by atoms with van der Waals surface area (Å²) in [4.78, 5) is 25.1. The first-order valence-corrected chi connectivity index (χ1v) is 13.0. The lowest BCUT2D eigenvalue weighted by Crippen LogP contribution is -2.35. The highest BCUT2D eigenvalue weighted by molar-refractivity contribution is 7.20. The number of amides is 1. The fourth-order valence-electron chi connectivity index (χ4n) is 4.80. The third-order valence-corrected chi connectivity index (χ3v) is 7.69. The van der Waals surface area contributed by atoms with E-state index in [0.29, 0.717) is 11.1 Å². The van der Waals surface area contributed by atoms with Crippen LogP contribution in [0.1, 0.15) is 38.2 Å². The van der Waals surface area contributed by atoms with Crippen molar-refractivity contribution < 1.29 is 9.53 Å². The summed E-state index contributed by atoms with van der Waals surface area (Å²) in [5, 5.41) is 1.85. The van der Waals surface area contributed by atoms with Crippen LogP contribution in [0.4, 0.5) is 0 Å². The van der Waals surface area contributed by atoms with Crippen molar-refractivity contribution in [1.82, 2.24) is 19.8 Å². The number of aromatic nitrogens is 2. The van der Waals surface area contributed by atoms with Crippen molar-refractivity contribution in [2.45, 2.75) is 39.2 Å². The first-order valence-electron chi connectivity index (χ1n) is 12.2. The molecule has 0 saturated carbocycles. The highest BCUT2D eigenvalue weighted by atomic mass is 32.1. The molecule has 1 saturated heterocycles. The monoisotopic (exact) mass is 476 g/mol. The number of fused-ring (bicyclic) bond motifs is 2. The van der Waals surface area contributed by atoms with Gasteiger partial charge in [0.25, 0.3) is 5.19 Å². The molecule has 5 rings (SSSR count). The van der Waals surface area contributed by atoms with Crippen LogP contribution in [-0.2, 0) is 11.3 Å². The normalized spacial score (nSPS) is 15.0. The van der Waals surface area contributed by atoms with E-state index in [1.165, 1.54) is 10.9 Å². The molecule has 0 radical (unpaired) electrons. The van der Waals surface area contributed by atoms with E-state index in [2.05, 4.69) is 52.1 Å². The van der Waals surface area contributed by atoms with E-state index in [1.54, 1.807) is 11.3 Å². The molecule has 6 nitrogen and oxygen atoms in total. The summed E-state index contributed by atoms with van der Waals surface area (Å²) in [6.45, 7) is 5.75. The van der Waals surface area contributed by atoms with Crippen LogP contribution in [0.2, 0.25) is 0 Å². The summed E-state index contributed by atoms with van der Waals surface area (Å²) >= 11 is 1.55. The summed E-state index contributed by atoms with van der Waals surface area (Å²) in [7, 11) is 2.14. The number of H-pyrrole nitrogens is 1. The molecule has 4 aromatic rings. The molecule has 1 aliphatic heterocycles. The van der Waals surface area contributed by atoms with Crippen molar-refractivity contribution in [2.75, 3.05) is 26.7 Å². The topological polar surface area (TPSA) is 61.5 Å². The number of nitrogens with one attached hydrogen (secondary N) is 1. The van der Waals surface area contributed by atoms with Crippen molar-refractivity contribution in [3.05, 3.63) is 54.2 Å². The summed E-state index contributed by atoms with van der Waals surface area (Å²) in [5.41, 5.74) is 3.27. The zero-order chi connectivity index (χ0) is 23.5. The molecule has 2 aromatic heterocycles. The van der Waals surface area contributed by atoms with Gasteiger partial charge in [0, 0.05) is 48.7 Å². The number of carbonyl (C=O) groups is 1. The van der Waals surface area contributed by atoms with Gasteiger partial charge < -0.3 is 19.5 Å². The van der Waals surface area contributed by atoms with Crippen molar-refractivity contribution >= 4 is 38.4 Å². The highest BCUT2D eigenvalue weighted by Crippen LogP contribution is 2.33. The van der Waals surface area contributed by atoms with E-state index >= 15 is 0 Å². The van der Waals surface area contributed by atoms with Crippen molar-refractivity contribution in [3.63, 3.8) is 0 Å². The number of nitrogens with zero attached hydrogens (tertiary/aromatic N) is 3. The Morgan fingerprint density at radius 1 is 1.24 bits per heavy atom. The van der Waals surface area contributed by atoms with E-state index in [4.69, 9.17) is 4.74 Å². The Labute approximate surface area is 204 Å². The molecule has 34 heavy (non-hydrogen) atoms. The first kappa shape index (κ1) is 22.9. The third kappa shape index (κ3) is 4.95. The van der Waals surface area contributed by atoms with Gasteiger partial charge in [-0.1, -0.05) is 30.4 Å². The lowest BCUT2D eigenvalue weighted by atomic mass is 10.0. The molecule has 0 spiro atoms. The van der Waals surface area contributed by atoms with Gasteiger partial charge in [-0.25, -0.2) is 4.98 Å². The lowest BCUT2D eigenvalue weighted by molar-refractivity contribution is -0.134. The van der Waals surface area contributed by atoms with Crippen molar-refractivity contribution in [1.29, 1.82) is 0 Å². The van der Waals surface area contributed by atoms with E-state index in [0.717, 1.165) is 73.3 Å². The van der Waals surface area contributed by atoms with Gasteiger partial charge in [-0.2, -0.15) is 0 Å². The molecule has 3 heterocycles. The lowest BCUT2D eigenvalue weighted by Gasteiger charge is -2.24.